The molecule has 0 unspecified atom stereocenters. The van der Waals surface area contributed by atoms with Crippen molar-refractivity contribution in [2.45, 2.75) is 57.5 Å². The van der Waals surface area contributed by atoms with Crippen LogP contribution in [0.4, 0.5) is 15.8 Å². The first-order valence-electron chi connectivity index (χ1n) is 12.2. The van der Waals surface area contributed by atoms with Gasteiger partial charge in [0.2, 0.25) is 17.7 Å². The topological polar surface area (TPSA) is 78.5 Å². The molecule has 1 fully saturated rings. The number of hydrogen-bond acceptors (Lipinski definition) is 4. The smallest absolute Gasteiger partial charge is 0.248 e. The Bertz CT molecular complexity index is 1190. The Kier molecular flexibility index (Phi) is 8.48. The molecule has 3 amide bonds. The highest BCUT2D eigenvalue weighted by Gasteiger charge is 2.35. The van der Waals surface area contributed by atoms with Gasteiger partial charge in [0.15, 0.2) is 0 Å². The van der Waals surface area contributed by atoms with E-state index in [1.807, 2.05) is 17.5 Å². The monoisotopic (exact) mass is 507 g/mol. The third kappa shape index (κ3) is 6.37. The van der Waals surface area contributed by atoms with Crippen molar-refractivity contribution in [1.29, 1.82) is 0 Å². The van der Waals surface area contributed by atoms with Crippen molar-refractivity contribution in [1.82, 2.24) is 5.32 Å². The van der Waals surface area contributed by atoms with E-state index in [0.29, 0.717) is 11.4 Å². The highest BCUT2D eigenvalue weighted by Crippen LogP contribution is 2.32. The first-order valence-corrected chi connectivity index (χ1v) is 13.1. The summed E-state index contributed by atoms with van der Waals surface area (Å²) in [4.78, 5) is 41.2. The van der Waals surface area contributed by atoms with E-state index in [2.05, 4.69) is 10.6 Å². The van der Waals surface area contributed by atoms with E-state index in [4.69, 9.17) is 0 Å². The molecule has 1 saturated carbocycles. The van der Waals surface area contributed by atoms with E-state index in [1.54, 1.807) is 42.5 Å². The van der Waals surface area contributed by atoms with Crippen LogP contribution in [0.25, 0.3) is 0 Å². The van der Waals surface area contributed by atoms with E-state index in [-0.39, 0.29) is 29.8 Å². The van der Waals surface area contributed by atoms with E-state index in [9.17, 15) is 14.4 Å². The van der Waals surface area contributed by atoms with Crippen LogP contribution in [0.15, 0.2) is 66.0 Å². The average molecular weight is 508 g/mol. The third-order valence-corrected chi connectivity index (χ3v) is 7.17. The zero-order valence-corrected chi connectivity index (χ0v) is 21.0. The molecule has 0 aliphatic heterocycles. The lowest BCUT2D eigenvalue weighted by atomic mass is 9.94. The molecule has 8 heteroatoms. The van der Waals surface area contributed by atoms with Crippen LogP contribution in [0, 0.1) is 5.82 Å². The molecule has 0 radical (unpaired) electrons. The van der Waals surface area contributed by atoms with Crippen LogP contribution in [0.2, 0.25) is 0 Å². The largest absolute Gasteiger partial charge is 0.351 e. The second-order valence-electron chi connectivity index (χ2n) is 9.02. The van der Waals surface area contributed by atoms with Gasteiger partial charge in [-0.1, -0.05) is 43.5 Å². The number of halogens is 1. The Labute approximate surface area is 214 Å². The normalized spacial score (nSPS) is 14.6. The maximum absolute atomic E-state index is 15.1. The SMILES string of the molecule is CC(=O)Nc1ccc(N(C(=O)Cc2cccs2)[C@H](C(=O)NC2CCCCC2)c2ccccc2F)cc1. The molecule has 1 atom stereocenters. The van der Waals surface area contributed by atoms with E-state index in [0.717, 1.165) is 37.0 Å². The number of hydrogen-bond donors (Lipinski definition) is 2. The zero-order chi connectivity index (χ0) is 25.5. The standard InChI is InChI=1S/C28H30FN3O3S/c1-19(33)30-21-13-15-22(16-14-21)32(26(34)18-23-10-7-17-36-23)27(24-11-5-6-12-25(24)29)28(35)31-20-8-3-2-4-9-20/h5-7,10-17,20,27H,2-4,8-9,18H2,1H3,(H,30,33)(H,31,35)/t27-/m0/s1. The first-order chi connectivity index (χ1) is 17.4. The second kappa shape index (κ2) is 11.9. The van der Waals surface area contributed by atoms with E-state index < -0.39 is 17.8 Å². The van der Waals surface area contributed by atoms with Gasteiger partial charge in [-0.05, 0) is 54.6 Å². The van der Waals surface area contributed by atoms with Crippen LogP contribution in [0.5, 0.6) is 0 Å². The van der Waals surface area contributed by atoms with Gasteiger partial charge in [0.1, 0.15) is 11.9 Å². The fraction of sp³-hybridized carbons (Fsp3) is 0.321. The van der Waals surface area contributed by atoms with Crippen molar-refractivity contribution in [2.75, 3.05) is 10.2 Å². The van der Waals surface area contributed by atoms with Crippen LogP contribution >= 0.6 is 11.3 Å². The van der Waals surface area contributed by atoms with Gasteiger partial charge in [0.05, 0.1) is 6.42 Å². The Morgan fingerprint density at radius 2 is 1.72 bits per heavy atom. The van der Waals surface area contributed by atoms with E-state index in [1.165, 1.54) is 29.2 Å². The molecule has 1 aliphatic carbocycles. The highest BCUT2D eigenvalue weighted by molar-refractivity contribution is 7.10. The minimum absolute atomic E-state index is 0.00286. The van der Waals surface area contributed by atoms with Gasteiger partial charge in [-0.3, -0.25) is 19.3 Å². The van der Waals surface area contributed by atoms with Crippen LogP contribution in [0.1, 0.15) is 55.5 Å². The molecule has 0 bridgehead atoms. The number of thiophene rings is 1. The Balaban J connectivity index is 1.75. The summed E-state index contributed by atoms with van der Waals surface area (Å²) in [5.74, 6) is -1.50. The summed E-state index contributed by atoms with van der Waals surface area (Å²) in [6.07, 6.45) is 5.00. The molecule has 188 valence electrons. The van der Waals surface area contributed by atoms with Crippen LogP contribution in [0.3, 0.4) is 0 Å². The summed E-state index contributed by atoms with van der Waals surface area (Å²) in [6.45, 7) is 1.41. The summed E-state index contributed by atoms with van der Waals surface area (Å²) in [5, 5.41) is 7.68. The number of nitrogens with zero attached hydrogens (tertiary/aromatic N) is 1. The predicted octanol–water partition coefficient (Wildman–Crippen LogP) is 5.61. The van der Waals surface area contributed by atoms with Crippen molar-refractivity contribution in [2.24, 2.45) is 0 Å². The summed E-state index contributed by atoms with van der Waals surface area (Å²) < 4.78 is 15.1. The molecule has 0 saturated heterocycles. The van der Waals surface area contributed by atoms with Crippen molar-refractivity contribution >= 4 is 40.4 Å². The van der Waals surface area contributed by atoms with Crippen molar-refractivity contribution in [3.63, 3.8) is 0 Å². The van der Waals surface area contributed by atoms with Gasteiger partial charge in [-0.25, -0.2) is 4.39 Å². The molecule has 1 aromatic heterocycles. The third-order valence-electron chi connectivity index (χ3n) is 6.30. The molecule has 0 spiro atoms. The lowest BCUT2D eigenvalue weighted by Gasteiger charge is -2.33. The molecular formula is C28H30FN3O3S. The van der Waals surface area contributed by atoms with E-state index >= 15 is 4.39 Å². The number of carbonyl (C=O) groups excluding carboxylic acids is 3. The minimum atomic E-state index is -1.19. The maximum atomic E-state index is 15.1. The molecule has 36 heavy (non-hydrogen) atoms. The molecule has 4 rings (SSSR count). The lowest BCUT2D eigenvalue weighted by molar-refractivity contribution is -0.127. The molecule has 6 nitrogen and oxygen atoms in total. The summed E-state index contributed by atoms with van der Waals surface area (Å²) in [6, 6.07) is 15.3. The highest BCUT2D eigenvalue weighted by atomic mass is 32.1. The predicted molar refractivity (Wildman–Crippen MR) is 140 cm³/mol. The van der Waals surface area contributed by atoms with Crippen molar-refractivity contribution in [3.05, 3.63) is 82.3 Å². The van der Waals surface area contributed by atoms with Gasteiger partial charge in [-0.2, -0.15) is 0 Å². The molecular weight excluding hydrogens is 477 g/mol. The van der Waals surface area contributed by atoms with Gasteiger partial charge in [0.25, 0.3) is 0 Å². The minimum Gasteiger partial charge on any atom is -0.351 e. The Morgan fingerprint density at radius 1 is 1.00 bits per heavy atom. The summed E-state index contributed by atoms with van der Waals surface area (Å²) in [7, 11) is 0. The summed E-state index contributed by atoms with van der Waals surface area (Å²) in [5.41, 5.74) is 1.14. The number of carbonyl (C=O) groups is 3. The molecule has 1 aliphatic rings. The fourth-order valence-electron chi connectivity index (χ4n) is 4.61. The number of anilines is 2. The molecule has 1 heterocycles. The second-order valence-corrected chi connectivity index (χ2v) is 10.0. The lowest BCUT2D eigenvalue weighted by Crippen LogP contribution is -2.48. The van der Waals surface area contributed by atoms with Crippen molar-refractivity contribution in [3.8, 4) is 0 Å². The van der Waals surface area contributed by atoms with Gasteiger partial charge < -0.3 is 10.6 Å². The van der Waals surface area contributed by atoms with Gasteiger partial charge in [-0.15, -0.1) is 11.3 Å². The van der Waals surface area contributed by atoms with Crippen LogP contribution in [-0.2, 0) is 20.8 Å². The zero-order valence-electron chi connectivity index (χ0n) is 20.2. The number of benzene rings is 2. The fourth-order valence-corrected chi connectivity index (χ4v) is 5.31. The summed E-state index contributed by atoms with van der Waals surface area (Å²) >= 11 is 1.45. The van der Waals surface area contributed by atoms with Crippen LogP contribution < -0.4 is 15.5 Å². The van der Waals surface area contributed by atoms with Gasteiger partial charge in [0, 0.05) is 34.8 Å². The number of amides is 3. The maximum Gasteiger partial charge on any atom is 0.248 e. The van der Waals surface area contributed by atoms with Crippen molar-refractivity contribution < 1.29 is 18.8 Å². The molecule has 3 aromatic rings. The van der Waals surface area contributed by atoms with Crippen LogP contribution in [-0.4, -0.2) is 23.8 Å². The Morgan fingerprint density at radius 3 is 2.36 bits per heavy atom. The molecule has 2 aromatic carbocycles. The van der Waals surface area contributed by atoms with Gasteiger partial charge >= 0.3 is 0 Å². The number of nitrogens with one attached hydrogen (secondary N) is 2. The molecule has 2 N–H and O–H groups in total. The Hall–Kier alpha value is -3.52. The average Bonchev–Trinajstić information content (AvgIpc) is 3.37. The quantitative estimate of drug-likeness (QED) is 0.416. The number of rotatable bonds is 8. The first kappa shape index (κ1) is 25.6.